The van der Waals surface area contributed by atoms with Gasteiger partial charge in [-0.05, 0) is 48.7 Å². The lowest BCUT2D eigenvalue weighted by Gasteiger charge is -2.12. The van der Waals surface area contributed by atoms with Gasteiger partial charge in [0.2, 0.25) is 0 Å². The fraction of sp³-hybridized carbons (Fsp3) is 0.400. The van der Waals surface area contributed by atoms with E-state index >= 15 is 0 Å². The maximum absolute atomic E-state index is 9.32. The smallest absolute Gasteiger partial charge is 0.165 e. The Bertz CT molecular complexity index is 560. The van der Waals surface area contributed by atoms with E-state index in [0.717, 1.165) is 17.5 Å². The number of phenols is 1. The van der Waals surface area contributed by atoms with Gasteiger partial charge in [0.1, 0.15) is 11.9 Å². The molecule has 0 fully saturated rings. The van der Waals surface area contributed by atoms with Crippen LogP contribution in [0.2, 0.25) is 0 Å². The van der Waals surface area contributed by atoms with Crippen LogP contribution in [0.15, 0.2) is 48.5 Å². The van der Waals surface area contributed by atoms with E-state index in [-0.39, 0.29) is 11.9 Å². The molecule has 0 saturated carbocycles. The third-order valence-corrected chi connectivity index (χ3v) is 3.83. The molecule has 0 heterocycles. The van der Waals surface area contributed by atoms with E-state index in [9.17, 15) is 5.11 Å². The fourth-order valence-corrected chi connectivity index (χ4v) is 2.40. The van der Waals surface area contributed by atoms with Crippen LogP contribution < -0.4 is 4.89 Å². The summed E-state index contributed by atoms with van der Waals surface area (Å²) in [6, 6.07) is 14.9. The van der Waals surface area contributed by atoms with Crippen LogP contribution in [0.5, 0.6) is 11.5 Å². The summed E-state index contributed by atoms with van der Waals surface area (Å²) in [4.78, 5) is 10.8. The summed E-state index contributed by atoms with van der Waals surface area (Å²) in [6.45, 7) is 4.25. The minimum absolute atomic E-state index is 0.101. The van der Waals surface area contributed by atoms with Gasteiger partial charge in [-0.2, -0.15) is 4.89 Å². The molecular weight excluding hydrogens is 288 g/mol. The Labute approximate surface area is 138 Å². The Hall–Kier alpha value is -2.00. The van der Waals surface area contributed by atoms with Gasteiger partial charge >= 0.3 is 0 Å². The predicted molar refractivity (Wildman–Crippen MR) is 93.5 cm³/mol. The molecule has 3 nitrogen and oxygen atoms in total. The summed E-state index contributed by atoms with van der Waals surface area (Å²) in [5, 5.41) is 9.32. The van der Waals surface area contributed by atoms with E-state index in [1.807, 2.05) is 43.3 Å². The Morgan fingerprint density at radius 3 is 2.09 bits per heavy atom. The van der Waals surface area contributed by atoms with Crippen LogP contribution >= 0.6 is 0 Å². The summed E-state index contributed by atoms with van der Waals surface area (Å²) >= 11 is 0. The van der Waals surface area contributed by atoms with E-state index in [2.05, 4.69) is 6.92 Å². The predicted octanol–water partition coefficient (Wildman–Crippen LogP) is 5.73. The number of hydrogen-bond donors (Lipinski definition) is 1. The molecule has 2 aromatic rings. The van der Waals surface area contributed by atoms with Crippen molar-refractivity contribution < 1.29 is 14.9 Å². The molecule has 1 N–H and O–H groups in total. The van der Waals surface area contributed by atoms with E-state index in [4.69, 9.17) is 9.78 Å². The van der Waals surface area contributed by atoms with Gasteiger partial charge in [0.25, 0.3) is 0 Å². The molecule has 2 aromatic carbocycles. The number of rotatable bonds is 9. The molecule has 0 aromatic heterocycles. The van der Waals surface area contributed by atoms with Gasteiger partial charge in [-0.1, -0.05) is 56.9 Å². The van der Waals surface area contributed by atoms with Crippen LogP contribution in [0.3, 0.4) is 0 Å². The summed E-state index contributed by atoms with van der Waals surface area (Å²) < 4.78 is 0. The average Bonchev–Trinajstić information content (AvgIpc) is 2.58. The first kappa shape index (κ1) is 17.4. The lowest BCUT2D eigenvalue weighted by Crippen LogP contribution is -2.10. The second kappa shape index (κ2) is 9.21. The van der Waals surface area contributed by atoms with Crippen LogP contribution in [0.4, 0.5) is 0 Å². The molecule has 0 spiro atoms. The van der Waals surface area contributed by atoms with Gasteiger partial charge < -0.3 is 9.99 Å². The normalized spacial score (nSPS) is 12.1. The molecule has 0 aliphatic carbocycles. The number of phenolic OH excluding ortho intramolecular Hbond substituents is 1. The Balaban J connectivity index is 1.79. The second-order valence-electron chi connectivity index (χ2n) is 5.91. The van der Waals surface area contributed by atoms with Crippen molar-refractivity contribution in [3.63, 3.8) is 0 Å². The quantitative estimate of drug-likeness (QED) is 0.365. The van der Waals surface area contributed by atoms with Crippen LogP contribution in [0.25, 0.3) is 11.1 Å². The molecule has 0 amide bonds. The van der Waals surface area contributed by atoms with Gasteiger partial charge in [-0.25, -0.2) is 0 Å². The van der Waals surface area contributed by atoms with Crippen LogP contribution in [-0.2, 0) is 4.89 Å². The number of hydrogen-bond acceptors (Lipinski definition) is 3. The molecule has 0 aliphatic heterocycles. The topological polar surface area (TPSA) is 38.7 Å². The maximum Gasteiger partial charge on any atom is 0.165 e. The molecule has 3 heteroatoms. The molecule has 23 heavy (non-hydrogen) atoms. The number of unbranched alkanes of at least 4 members (excludes halogenated alkanes) is 3. The zero-order valence-electron chi connectivity index (χ0n) is 14.0. The van der Waals surface area contributed by atoms with E-state index < -0.39 is 0 Å². The number of aromatic hydroxyl groups is 1. The molecule has 0 aliphatic rings. The minimum Gasteiger partial charge on any atom is -0.508 e. The zero-order chi connectivity index (χ0) is 16.5. The maximum atomic E-state index is 9.32. The van der Waals surface area contributed by atoms with Crippen molar-refractivity contribution in [1.29, 1.82) is 0 Å². The third-order valence-electron chi connectivity index (χ3n) is 3.83. The van der Waals surface area contributed by atoms with Gasteiger partial charge in [0, 0.05) is 0 Å². The van der Waals surface area contributed by atoms with Crippen LogP contribution in [-0.4, -0.2) is 11.2 Å². The highest BCUT2D eigenvalue weighted by Gasteiger charge is 2.05. The molecule has 0 bridgehead atoms. The van der Waals surface area contributed by atoms with Crippen LogP contribution in [0.1, 0.15) is 46.0 Å². The summed E-state index contributed by atoms with van der Waals surface area (Å²) in [5.41, 5.74) is 2.13. The summed E-state index contributed by atoms with van der Waals surface area (Å²) in [7, 11) is 0. The molecule has 1 atom stereocenters. The first-order valence-corrected chi connectivity index (χ1v) is 8.42. The molecule has 2 rings (SSSR count). The van der Waals surface area contributed by atoms with Gasteiger partial charge in [-0.3, -0.25) is 0 Å². The molecule has 1 unspecified atom stereocenters. The lowest BCUT2D eigenvalue weighted by molar-refractivity contribution is -0.241. The highest BCUT2D eigenvalue weighted by molar-refractivity contribution is 5.64. The molecule has 124 valence electrons. The summed E-state index contributed by atoms with van der Waals surface area (Å²) in [6.07, 6.45) is 6.09. The van der Waals surface area contributed by atoms with Crippen molar-refractivity contribution in [3.05, 3.63) is 48.5 Å². The fourth-order valence-electron chi connectivity index (χ4n) is 2.40. The van der Waals surface area contributed by atoms with Crippen molar-refractivity contribution in [1.82, 2.24) is 0 Å². The minimum atomic E-state index is 0.101. The Kier molecular flexibility index (Phi) is 6.95. The van der Waals surface area contributed by atoms with Crippen molar-refractivity contribution in [2.45, 2.75) is 52.1 Å². The molecule has 0 saturated heterocycles. The summed E-state index contributed by atoms with van der Waals surface area (Å²) in [5.74, 6) is 0.975. The lowest BCUT2D eigenvalue weighted by atomic mass is 10.1. The SMILES string of the molecule is CCCCCCC(C)OOc1ccc(-c2ccc(O)cc2)cc1. The van der Waals surface area contributed by atoms with Crippen LogP contribution in [0, 0.1) is 0 Å². The van der Waals surface area contributed by atoms with Gasteiger partial charge in [0.05, 0.1) is 0 Å². The standard InChI is InChI=1S/C20H26O3/c1-3-4-5-6-7-16(2)22-23-20-14-10-18(11-15-20)17-8-12-19(21)13-9-17/h8-16,21H,3-7H2,1-2H3. The van der Waals surface area contributed by atoms with Crippen molar-refractivity contribution >= 4 is 0 Å². The Morgan fingerprint density at radius 1 is 0.870 bits per heavy atom. The number of benzene rings is 2. The molecular formula is C20H26O3. The van der Waals surface area contributed by atoms with E-state index in [1.165, 1.54) is 25.7 Å². The first-order chi connectivity index (χ1) is 11.2. The highest BCUT2D eigenvalue weighted by Crippen LogP contribution is 2.24. The van der Waals surface area contributed by atoms with Gasteiger partial charge in [0.15, 0.2) is 5.75 Å². The van der Waals surface area contributed by atoms with Crippen molar-refractivity contribution in [2.24, 2.45) is 0 Å². The zero-order valence-corrected chi connectivity index (χ0v) is 14.0. The Morgan fingerprint density at radius 2 is 1.48 bits per heavy atom. The first-order valence-electron chi connectivity index (χ1n) is 8.42. The average molecular weight is 314 g/mol. The van der Waals surface area contributed by atoms with Crippen molar-refractivity contribution in [3.8, 4) is 22.6 Å². The second-order valence-corrected chi connectivity index (χ2v) is 5.91. The van der Waals surface area contributed by atoms with E-state index in [1.54, 1.807) is 12.1 Å². The van der Waals surface area contributed by atoms with Gasteiger partial charge in [-0.15, -0.1) is 0 Å². The third kappa shape index (κ3) is 5.95. The monoisotopic (exact) mass is 314 g/mol. The largest absolute Gasteiger partial charge is 0.508 e. The van der Waals surface area contributed by atoms with E-state index in [0.29, 0.717) is 5.75 Å². The molecule has 0 radical (unpaired) electrons. The highest BCUT2D eigenvalue weighted by atomic mass is 17.2. The van der Waals surface area contributed by atoms with Crippen molar-refractivity contribution in [2.75, 3.05) is 0 Å².